The van der Waals surface area contributed by atoms with E-state index in [9.17, 15) is 8.42 Å². The normalized spacial score (nSPS) is 10.4. The minimum atomic E-state index is -3.85. The highest BCUT2D eigenvalue weighted by atomic mass is 32.2. The summed E-state index contributed by atoms with van der Waals surface area (Å²) in [6.07, 6.45) is 0.195. The Morgan fingerprint density at radius 1 is 0.947 bits per heavy atom. The van der Waals surface area contributed by atoms with Gasteiger partial charge in [0.1, 0.15) is 13.1 Å². The molecule has 96 valence electrons. The van der Waals surface area contributed by atoms with Crippen LogP contribution in [0.1, 0.15) is 5.56 Å². The number of nitriles is 3. The molecular formula is C12H10N4O2S. The lowest BCUT2D eigenvalue weighted by Crippen LogP contribution is -2.31. The molecule has 0 saturated heterocycles. The summed E-state index contributed by atoms with van der Waals surface area (Å²) < 4.78 is 25.1. The van der Waals surface area contributed by atoms with Crippen molar-refractivity contribution in [2.45, 2.75) is 11.3 Å². The molecule has 0 aliphatic carbocycles. The van der Waals surface area contributed by atoms with Gasteiger partial charge in [-0.3, -0.25) is 0 Å². The molecule has 0 heterocycles. The second-order valence-corrected chi connectivity index (χ2v) is 5.51. The van der Waals surface area contributed by atoms with Crippen molar-refractivity contribution in [3.63, 3.8) is 0 Å². The standard InChI is InChI=1S/C12H10N4O2S/c13-6-5-11-1-3-12(4-2-11)19(17,18)16(9-7-14)10-8-15/h1-4H,5,9-10H2. The van der Waals surface area contributed by atoms with Crippen LogP contribution in [0.5, 0.6) is 0 Å². The summed E-state index contributed by atoms with van der Waals surface area (Å²) in [6.45, 7) is -0.758. The molecule has 0 radical (unpaired) electrons. The summed E-state index contributed by atoms with van der Waals surface area (Å²) >= 11 is 0. The van der Waals surface area contributed by atoms with Gasteiger partial charge in [-0.15, -0.1) is 0 Å². The van der Waals surface area contributed by atoms with Gasteiger partial charge in [0, 0.05) is 0 Å². The second-order valence-electron chi connectivity index (χ2n) is 3.57. The Kier molecular flexibility index (Phi) is 5.02. The van der Waals surface area contributed by atoms with Crippen LogP contribution < -0.4 is 0 Å². The van der Waals surface area contributed by atoms with Gasteiger partial charge >= 0.3 is 0 Å². The molecule has 0 aliphatic rings. The van der Waals surface area contributed by atoms with E-state index in [0.29, 0.717) is 5.56 Å². The van der Waals surface area contributed by atoms with Crippen molar-refractivity contribution in [2.75, 3.05) is 13.1 Å². The van der Waals surface area contributed by atoms with Crippen LogP contribution in [0.3, 0.4) is 0 Å². The summed E-state index contributed by atoms with van der Waals surface area (Å²) in [5.74, 6) is 0. The lowest BCUT2D eigenvalue weighted by atomic mass is 10.2. The summed E-state index contributed by atoms with van der Waals surface area (Å²) in [5.41, 5.74) is 0.702. The Bertz CT molecular complexity index is 644. The summed E-state index contributed by atoms with van der Waals surface area (Å²) in [6, 6.07) is 11.2. The number of nitrogens with zero attached hydrogens (tertiary/aromatic N) is 4. The second kappa shape index (κ2) is 6.51. The topological polar surface area (TPSA) is 109 Å². The number of hydrogen-bond donors (Lipinski definition) is 0. The van der Waals surface area contributed by atoms with E-state index in [1.807, 2.05) is 6.07 Å². The summed E-state index contributed by atoms with van der Waals surface area (Å²) in [7, 11) is -3.85. The first-order valence-electron chi connectivity index (χ1n) is 5.26. The SMILES string of the molecule is N#CCc1ccc(S(=O)(=O)N(CC#N)CC#N)cc1. The smallest absolute Gasteiger partial charge is 0.207 e. The zero-order chi connectivity index (χ0) is 14.3. The molecular weight excluding hydrogens is 264 g/mol. The van der Waals surface area contributed by atoms with Crippen LogP contribution >= 0.6 is 0 Å². The van der Waals surface area contributed by atoms with E-state index in [1.165, 1.54) is 24.3 Å². The Morgan fingerprint density at radius 3 is 1.89 bits per heavy atom. The van der Waals surface area contributed by atoms with Crippen molar-refractivity contribution in [3.8, 4) is 18.2 Å². The zero-order valence-electron chi connectivity index (χ0n) is 9.94. The third kappa shape index (κ3) is 3.53. The average Bonchev–Trinajstić information content (AvgIpc) is 2.39. The minimum Gasteiger partial charge on any atom is -0.207 e. The highest BCUT2D eigenvalue weighted by Gasteiger charge is 2.23. The van der Waals surface area contributed by atoms with Crippen molar-refractivity contribution in [1.29, 1.82) is 15.8 Å². The van der Waals surface area contributed by atoms with Gasteiger partial charge in [-0.1, -0.05) is 12.1 Å². The lowest BCUT2D eigenvalue weighted by molar-refractivity contribution is 0.479. The van der Waals surface area contributed by atoms with Crippen LogP contribution in [0.4, 0.5) is 0 Å². The highest BCUT2D eigenvalue weighted by molar-refractivity contribution is 7.89. The Labute approximate surface area is 111 Å². The van der Waals surface area contributed by atoms with Crippen LogP contribution in [0.25, 0.3) is 0 Å². The fourth-order valence-corrected chi connectivity index (χ4v) is 2.64. The number of hydrogen-bond acceptors (Lipinski definition) is 5. The number of rotatable bonds is 5. The molecule has 0 unspecified atom stereocenters. The molecule has 1 aromatic rings. The Hall–Kier alpha value is -2.40. The minimum absolute atomic E-state index is 0.000287. The zero-order valence-corrected chi connectivity index (χ0v) is 10.8. The predicted molar refractivity (Wildman–Crippen MR) is 65.7 cm³/mol. The monoisotopic (exact) mass is 274 g/mol. The van der Waals surface area contributed by atoms with Gasteiger partial charge in [-0.25, -0.2) is 8.42 Å². The van der Waals surface area contributed by atoms with Gasteiger partial charge in [0.25, 0.3) is 0 Å². The predicted octanol–water partition coefficient (Wildman–Crippen LogP) is 0.791. The molecule has 1 rings (SSSR count). The van der Waals surface area contributed by atoms with Crippen molar-refractivity contribution >= 4 is 10.0 Å². The van der Waals surface area contributed by atoms with Gasteiger partial charge in [0.05, 0.1) is 29.5 Å². The number of benzene rings is 1. The first-order valence-corrected chi connectivity index (χ1v) is 6.70. The largest absolute Gasteiger partial charge is 0.244 e. The Balaban J connectivity index is 3.09. The molecule has 0 atom stereocenters. The average molecular weight is 274 g/mol. The number of sulfonamides is 1. The Morgan fingerprint density at radius 2 is 1.47 bits per heavy atom. The van der Waals surface area contributed by atoms with Crippen LogP contribution in [-0.2, 0) is 16.4 Å². The molecule has 0 spiro atoms. The first kappa shape index (κ1) is 14.7. The van der Waals surface area contributed by atoms with Crippen molar-refractivity contribution in [1.82, 2.24) is 4.31 Å². The van der Waals surface area contributed by atoms with Crippen LogP contribution in [0.2, 0.25) is 0 Å². The van der Waals surface area contributed by atoms with Crippen molar-refractivity contribution < 1.29 is 8.42 Å². The van der Waals surface area contributed by atoms with E-state index in [2.05, 4.69) is 0 Å². The molecule has 0 aromatic heterocycles. The maximum Gasteiger partial charge on any atom is 0.244 e. The van der Waals surface area contributed by atoms with E-state index in [1.54, 1.807) is 12.1 Å². The first-order chi connectivity index (χ1) is 9.06. The maximum atomic E-state index is 12.1. The molecule has 0 fully saturated rings. The highest BCUT2D eigenvalue weighted by Crippen LogP contribution is 2.16. The molecule has 0 N–H and O–H groups in total. The molecule has 0 aliphatic heterocycles. The molecule has 0 bridgehead atoms. The maximum absolute atomic E-state index is 12.1. The van der Waals surface area contributed by atoms with Gasteiger partial charge < -0.3 is 0 Å². The lowest BCUT2D eigenvalue weighted by Gasteiger charge is -2.15. The van der Waals surface area contributed by atoms with Crippen LogP contribution in [0, 0.1) is 34.0 Å². The third-order valence-corrected chi connectivity index (χ3v) is 4.14. The quantitative estimate of drug-likeness (QED) is 0.737. The van der Waals surface area contributed by atoms with E-state index in [0.717, 1.165) is 4.31 Å². The van der Waals surface area contributed by atoms with Crippen LogP contribution in [-0.4, -0.2) is 25.8 Å². The molecule has 6 nitrogen and oxygen atoms in total. The molecule has 19 heavy (non-hydrogen) atoms. The van der Waals surface area contributed by atoms with E-state index in [-0.39, 0.29) is 24.4 Å². The molecule has 1 aromatic carbocycles. The fourth-order valence-electron chi connectivity index (χ4n) is 1.40. The van der Waals surface area contributed by atoms with Gasteiger partial charge in [-0.2, -0.15) is 20.1 Å². The van der Waals surface area contributed by atoms with Gasteiger partial charge in [0.15, 0.2) is 0 Å². The van der Waals surface area contributed by atoms with E-state index in [4.69, 9.17) is 15.8 Å². The summed E-state index contributed by atoms with van der Waals surface area (Å²) in [4.78, 5) is -0.000287. The van der Waals surface area contributed by atoms with Crippen molar-refractivity contribution in [2.24, 2.45) is 0 Å². The summed E-state index contributed by atoms with van der Waals surface area (Å²) in [5, 5.41) is 25.7. The third-order valence-electron chi connectivity index (χ3n) is 2.34. The van der Waals surface area contributed by atoms with Gasteiger partial charge in [-0.05, 0) is 17.7 Å². The van der Waals surface area contributed by atoms with E-state index >= 15 is 0 Å². The van der Waals surface area contributed by atoms with Crippen LogP contribution in [0.15, 0.2) is 29.2 Å². The van der Waals surface area contributed by atoms with Gasteiger partial charge in [0.2, 0.25) is 10.0 Å². The van der Waals surface area contributed by atoms with Crippen molar-refractivity contribution in [3.05, 3.63) is 29.8 Å². The molecule has 0 amide bonds. The molecule has 7 heteroatoms. The van der Waals surface area contributed by atoms with E-state index < -0.39 is 10.0 Å². The fraction of sp³-hybridized carbons (Fsp3) is 0.250. The molecule has 0 saturated carbocycles.